The minimum absolute atomic E-state index is 1.13. The number of halogens is 1. The predicted molar refractivity (Wildman–Crippen MR) is 102 cm³/mol. The molecule has 5 heteroatoms. The van der Waals surface area contributed by atoms with Crippen LogP contribution < -0.4 is 0 Å². The molecule has 0 bridgehead atoms. The number of hydrogen-bond acceptors (Lipinski definition) is 3. The van der Waals surface area contributed by atoms with Gasteiger partial charge >= 0.3 is 0 Å². The van der Waals surface area contributed by atoms with Crippen molar-refractivity contribution in [2.45, 2.75) is 52.5 Å². The Morgan fingerprint density at radius 3 is 1.53 bits per heavy atom. The normalized spacial score (nSPS) is 12.0. The second kappa shape index (κ2) is 13.0. The summed E-state index contributed by atoms with van der Waals surface area (Å²) in [5.41, 5.74) is -1.13. The van der Waals surface area contributed by atoms with Crippen LogP contribution in [0.15, 0.2) is 0 Å². The van der Waals surface area contributed by atoms with Crippen LogP contribution in [0.1, 0.15) is 46.5 Å². The van der Waals surface area contributed by atoms with Crippen molar-refractivity contribution in [1.82, 2.24) is 0 Å². The molecular weight excluding hydrogens is 395 g/mol. The lowest BCUT2D eigenvalue weighted by atomic mass is 10.6. The fourth-order valence-electron chi connectivity index (χ4n) is 1.40. The van der Waals surface area contributed by atoms with Crippen LogP contribution in [0.5, 0.6) is 0 Å². The second-order valence-corrected chi connectivity index (χ2v) is 20.3. The Bertz CT molecular complexity index is 132. The highest BCUT2D eigenvalue weighted by Gasteiger charge is 2.34. The van der Waals surface area contributed by atoms with Crippen LogP contribution in [-0.4, -0.2) is 27.2 Å². The average molecular weight is 423 g/mol. The van der Waals surface area contributed by atoms with Gasteiger partial charge in [-0.25, -0.2) is 0 Å². The van der Waals surface area contributed by atoms with Crippen molar-refractivity contribution in [2.75, 3.05) is 21.7 Å². The van der Waals surface area contributed by atoms with Crippen LogP contribution in [0.3, 0.4) is 0 Å². The third kappa shape index (κ3) is 9.52. The van der Waals surface area contributed by atoms with E-state index in [0.29, 0.717) is 0 Å². The highest BCUT2D eigenvalue weighted by molar-refractivity contribution is 14.1. The number of rotatable bonds is 12. The fourth-order valence-corrected chi connectivity index (χ4v) is 20.1. The predicted octanol–water partition coefficient (Wildman–Crippen LogP) is 6.18. The zero-order chi connectivity index (χ0) is 13.0. The van der Waals surface area contributed by atoms with E-state index >= 15 is 0 Å². The largest absolute Gasteiger partial charge is 0.237 e. The first kappa shape index (κ1) is 19.0. The minimum Gasteiger partial charge on any atom is -0.162 e. The summed E-state index contributed by atoms with van der Waals surface area (Å²) >= 11 is 9.59. The third-order valence-corrected chi connectivity index (χ3v) is 21.1. The maximum atomic E-state index is 2.54. The van der Waals surface area contributed by atoms with Crippen molar-refractivity contribution in [1.29, 1.82) is 0 Å². The number of hydrogen-bond donors (Lipinski definition) is 0. The topological polar surface area (TPSA) is 0 Å². The summed E-state index contributed by atoms with van der Waals surface area (Å²) in [5.74, 6) is 4.13. The Balaban J connectivity index is 4.39. The SMILES string of the molecule is CCCS[Si](CCCI)(SCCC)SCCC. The summed E-state index contributed by atoms with van der Waals surface area (Å²) in [4.78, 5) is 0. The van der Waals surface area contributed by atoms with Gasteiger partial charge in [-0.3, -0.25) is 0 Å². The van der Waals surface area contributed by atoms with E-state index < -0.39 is 5.52 Å². The Hall–Kier alpha value is 2.00. The van der Waals surface area contributed by atoms with E-state index in [1.54, 1.807) is 0 Å². The van der Waals surface area contributed by atoms with Gasteiger partial charge in [0.25, 0.3) is 0 Å². The van der Waals surface area contributed by atoms with Gasteiger partial charge in [-0.1, -0.05) is 43.4 Å². The molecular formula is C12H27IS3Si. The smallest absolute Gasteiger partial charge is 0.162 e. The highest BCUT2D eigenvalue weighted by Crippen LogP contribution is 2.46. The summed E-state index contributed by atoms with van der Waals surface area (Å²) in [7, 11) is 0. The van der Waals surface area contributed by atoms with Crippen molar-refractivity contribution in [3.05, 3.63) is 0 Å². The lowest BCUT2D eigenvalue weighted by Gasteiger charge is -2.29. The van der Waals surface area contributed by atoms with Crippen molar-refractivity contribution < 1.29 is 0 Å². The van der Waals surface area contributed by atoms with Crippen LogP contribution in [0.4, 0.5) is 0 Å². The third-order valence-electron chi connectivity index (χ3n) is 2.19. The Morgan fingerprint density at radius 2 is 1.24 bits per heavy atom. The molecule has 0 aliphatic carbocycles. The molecule has 0 saturated heterocycles. The van der Waals surface area contributed by atoms with Gasteiger partial charge in [0.05, 0.1) is 0 Å². The highest BCUT2D eigenvalue weighted by atomic mass is 127. The van der Waals surface area contributed by atoms with E-state index in [4.69, 9.17) is 0 Å². The molecule has 104 valence electrons. The van der Waals surface area contributed by atoms with Crippen LogP contribution in [-0.2, 0) is 0 Å². The van der Waals surface area contributed by atoms with E-state index in [1.807, 2.05) is 0 Å². The van der Waals surface area contributed by atoms with Gasteiger partial charge in [-0.2, -0.15) is 33.6 Å². The molecule has 0 N–H and O–H groups in total. The van der Waals surface area contributed by atoms with E-state index in [1.165, 1.54) is 53.4 Å². The van der Waals surface area contributed by atoms with Gasteiger partial charge in [0.1, 0.15) is 0 Å². The van der Waals surface area contributed by atoms with Crippen molar-refractivity contribution in [3.63, 3.8) is 0 Å². The monoisotopic (exact) mass is 422 g/mol. The van der Waals surface area contributed by atoms with Crippen LogP contribution in [0.25, 0.3) is 0 Å². The van der Waals surface area contributed by atoms with Crippen LogP contribution >= 0.6 is 56.2 Å². The molecule has 0 aliphatic heterocycles. The molecule has 0 radical (unpaired) electrons. The van der Waals surface area contributed by atoms with E-state index in [-0.39, 0.29) is 0 Å². The second-order valence-electron chi connectivity index (χ2n) is 4.02. The Labute approximate surface area is 135 Å². The summed E-state index contributed by atoms with van der Waals surface area (Å²) in [6, 6.07) is 1.51. The van der Waals surface area contributed by atoms with Crippen molar-refractivity contribution >= 4 is 61.7 Å². The molecule has 0 unspecified atom stereocenters. The van der Waals surface area contributed by atoms with Crippen LogP contribution in [0, 0.1) is 0 Å². The summed E-state index contributed by atoms with van der Waals surface area (Å²) in [6.45, 7) is 6.96. The number of alkyl halides is 1. The molecule has 0 fully saturated rings. The first-order valence-electron chi connectivity index (χ1n) is 6.72. The van der Waals surface area contributed by atoms with Gasteiger partial charge in [-0.05, 0) is 53.4 Å². The molecule has 0 saturated carbocycles. The lowest BCUT2D eigenvalue weighted by molar-refractivity contribution is 1.10. The maximum Gasteiger partial charge on any atom is 0.237 e. The summed E-state index contributed by atoms with van der Waals surface area (Å²) < 4.78 is 1.33. The van der Waals surface area contributed by atoms with Gasteiger partial charge in [-0.15, -0.1) is 0 Å². The molecule has 0 aromatic carbocycles. The fraction of sp³-hybridized carbons (Fsp3) is 1.00. The van der Waals surface area contributed by atoms with E-state index in [0.717, 1.165) is 0 Å². The molecule has 0 aromatic rings. The average Bonchev–Trinajstić information content (AvgIpc) is 2.37. The quantitative estimate of drug-likeness (QED) is 0.209. The van der Waals surface area contributed by atoms with Gasteiger partial charge in [0.2, 0.25) is 5.52 Å². The summed E-state index contributed by atoms with van der Waals surface area (Å²) in [5, 5.41) is 0. The standard InChI is InChI=1S/C12H27IS3Si/c1-4-9-14-17(12-7-8-13,15-10-5-2)16-11-6-3/h4-12H2,1-3H3. The van der Waals surface area contributed by atoms with Crippen molar-refractivity contribution in [2.24, 2.45) is 0 Å². The van der Waals surface area contributed by atoms with Crippen molar-refractivity contribution in [3.8, 4) is 0 Å². The zero-order valence-electron chi connectivity index (χ0n) is 11.5. The molecule has 17 heavy (non-hydrogen) atoms. The molecule has 0 nitrogen and oxygen atoms in total. The molecule has 0 heterocycles. The van der Waals surface area contributed by atoms with Gasteiger partial charge < -0.3 is 0 Å². The maximum absolute atomic E-state index is 2.54. The molecule has 0 spiro atoms. The zero-order valence-corrected chi connectivity index (χ0v) is 17.1. The van der Waals surface area contributed by atoms with E-state index in [9.17, 15) is 0 Å². The first-order chi connectivity index (χ1) is 8.24. The Morgan fingerprint density at radius 1 is 0.824 bits per heavy atom. The molecule has 0 amide bonds. The first-order valence-corrected chi connectivity index (χ1v) is 15.6. The molecule has 0 aliphatic rings. The van der Waals surface area contributed by atoms with E-state index in [2.05, 4.69) is 77.0 Å². The molecule has 0 aromatic heterocycles. The van der Waals surface area contributed by atoms with Crippen LogP contribution in [0.2, 0.25) is 6.04 Å². The minimum atomic E-state index is -1.13. The summed E-state index contributed by atoms with van der Waals surface area (Å²) in [6.07, 6.45) is 5.44. The molecule has 0 rings (SSSR count). The lowest BCUT2D eigenvalue weighted by Crippen LogP contribution is -2.24. The molecule has 0 atom stereocenters. The van der Waals surface area contributed by atoms with Gasteiger partial charge in [0, 0.05) is 0 Å². The Kier molecular flexibility index (Phi) is 14.5. The van der Waals surface area contributed by atoms with Gasteiger partial charge in [0.15, 0.2) is 0 Å².